The van der Waals surface area contributed by atoms with Gasteiger partial charge in [0.25, 0.3) is 6.33 Å². The fraction of sp³-hybridized carbons (Fsp3) is 0.300. The van der Waals surface area contributed by atoms with E-state index in [-0.39, 0.29) is 0 Å². The second-order valence-electron chi connectivity index (χ2n) is 3.77. The van der Waals surface area contributed by atoms with E-state index < -0.39 is 23.9 Å². The SMILES string of the molecule is Cn1nc[n+](CC(=O)C(F)(F)c2ccc(Br)cn2)n1. The number of pyridine rings is 1. The Kier molecular flexibility index (Phi) is 3.65. The number of alkyl halides is 2. The third kappa shape index (κ3) is 2.98. The standard InChI is InChI=1S/C10H9BrF2N5O/c1-17-15-6-18(16-17)5-9(19)10(12,13)8-3-2-7(11)4-14-8/h2-4,6H,5H2,1H3/q+1. The molecule has 0 spiro atoms. The Morgan fingerprint density at radius 2 is 2.26 bits per heavy atom. The number of aromatic nitrogens is 5. The lowest BCUT2D eigenvalue weighted by Gasteiger charge is -2.12. The smallest absolute Gasteiger partial charge is 0.289 e. The Bertz CT molecular complexity index is 598. The van der Waals surface area contributed by atoms with E-state index in [1.807, 2.05) is 0 Å². The largest absolute Gasteiger partial charge is 0.350 e. The number of Topliss-reactive ketones (excluding diaryl/α,β-unsaturated/α-hetero) is 1. The molecule has 9 heteroatoms. The van der Waals surface area contributed by atoms with Gasteiger partial charge in [0, 0.05) is 10.7 Å². The highest BCUT2D eigenvalue weighted by atomic mass is 79.9. The highest BCUT2D eigenvalue weighted by molar-refractivity contribution is 9.10. The maximum atomic E-state index is 13.9. The van der Waals surface area contributed by atoms with E-state index in [1.54, 1.807) is 0 Å². The average molecular weight is 333 g/mol. The molecule has 100 valence electrons. The van der Waals surface area contributed by atoms with Gasteiger partial charge in [-0.05, 0) is 32.9 Å². The van der Waals surface area contributed by atoms with E-state index >= 15 is 0 Å². The van der Waals surface area contributed by atoms with Crippen LogP contribution in [0.25, 0.3) is 0 Å². The Labute approximate surface area is 115 Å². The molecule has 0 saturated carbocycles. The van der Waals surface area contributed by atoms with E-state index in [4.69, 9.17) is 0 Å². The van der Waals surface area contributed by atoms with Crippen molar-refractivity contribution < 1.29 is 18.3 Å². The predicted octanol–water partition coefficient (Wildman–Crippen LogP) is 0.621. The van der Waals surface area contributed by atoms with Gasteiger partial charge in [0.15, 0.2) is 6.54 Å². The van der Waals surface area contributed by atoms with Gasteiger partial charge in [-0.2, -0.15) is 8.78 Å². The molecule has 0 radical (unpaired) electrons. The van der Waals surface area contributed by atoms with Gasteiger partial charge in [-0.3, -0.25) is 9.78 Å². The average Bonchev–Trinajstić information content (AvgIpc) is 2.75. The lowest BCUT2D eigenvalue weighted by atomic mass is 10.1. The Morgan fingerprint density at radius 1 is 1.53 bits per heavy atom. The third-order valence-electron chi connectivity index (χ3n) is 2.30. The monoisotopic (exact) mass is 332 g/mol. The molecule has 0 aliphatic rings. The van der Waals surface area contributed by atoms with Crippen molar-refractivity contribution in [1.82, 2.24) is 20.1 Å². The number of carbonyl (C=O) groups excluding carboxylic acids is 1. The second-order valence-corrected chi connectivity index (χ2v) is 4.68. The first kappa shape index (κ1) is 13.7. The highest BCUT2D eigenvalue weighted by Gasteiger charge is 2.43. The van der Waals surface area contributed by atoms with Crippen LogP contribution in [-0.2, 0) is 24.3 Å². The fourth-order valence-corrected chi connectivity index (χ4v) is 1.60. The molecule has 0 aliphatic heterocycles. The molecule has 2 aromatic rings. The van der Waals surface area contributed by atoms with Crippen molar-refractivity contribution in [2.75, 3.05) is 0 Å². The zero-order chi connectivity index (χ0) is 14.0. The summed E-state index contributed by atoms with van der Waals surface area (Å²) in [5, 5.41) is 7.40. The number of rotatable bonds is 4. The number of tetrazole rings is 1. The summed E-state index contributed by atoms with van der Waals surface area (Å²) in [6.45, 7) is -0.571. The number of halogens is 3. The van der Waals surface area contributed by atoms with Gasteiger partial charge in [0.1, 0.15) is 12.7 Å². The first-order valence-corrected chi connectivity index (χ1v) is 5.98. The molecule has 0 aliphatic carbocycles. The van der Waals surface area contributed by atoms with Crippen molar-refractivity contribution in [2.24, 2.45) is 7.05 Å². The van der Waals surface area contributed by atoms with Crippen LogP contribution in [0.3, 0.4) is 0 Å². The molecule has 6 nitrogen and oxygen atoms in total. The maximum Gasteiger partial charge on any atom is 0.350 e. The molecule has 0 aromatic carbocycles. The van der Waals surface area contributed by atoms with Gasteiger partial charge in [0.05, 0.1) is 10.3 Å². The van der Waals surface area contributed by atoms with Crippen molar-refractivity contribution in [1.29, 1.82) is 0 Å². The first-order chi connectivity index (χ1) is 8.89. The summed E-state index contributed by atoms with van der Waals surface area (Å²) >= 11 is 3.09. The van der Waals surface area contributed by atoms with Crippen LogP contribution in [0.2, 0.25) is 0 Å². The van der Waals surface area contributed by atoms with E-state index in [9.17, 15) is 13.6 Å². The quantitative estimate of drug-likeness (QED) is 0.770. The zero-order valence-corrected chi connectivity index (χ0v) is 11.4. The van der Waals surface area contributed by atoms with Gasteiger partial charge in [-0.1, -0.05) is 0 Å². The minimum absolute atomic E-state index is 0.558. The Balaban J connectivity index is 2.19. The Hall–Kier alpha value is -1.77. The summed E-state index contributed by atoms with van der Waals surface area (Å²) < 4.78 is 29.4. The van der Waals surface area contributed by atoms with Crippen LogP contribution in [-0.4, -0.2) is 25.9 Å². The molecule has 0 unspecified atom stereocenters. The van der Waals surface area contributed by atoms with Crippen molar-refractivity contribution in [3.8, 4) is 0 Å². The number of aryl methyl sites for hydroxylation is 1. The minimum atomic E-state index is -3.66. The summed E-state index contributed by atoms with van der Waals surface area (Å²) in [6.07, 6.45) is 2.41. The minimum Gasteiger partial charge on any atom is -0.289 e. The zero-order valence-electron chi connectivity index (χ0n) is 9.79. The van der Waals surface area contributed by atoms with Gasteiger partial charge >= 0.3 is 5.92 Å². The molecule has 0 bridgehead atoms. The van der Waals surface area contributed by atoms with Crippen LogP contribution in [0.1, 0.15) is 5.69 Å². The first-order valence-electron chi connectivity index (χ1n) is 5.19. The maximum absolute atomic E-state index is 13.9. The summed E-state index contributed by atoms with van der Waals surface area (Å²) in [5.74, 6) is -4.96. The lowest BCUT2D eigenvalue weighted by molar-refractivity contribution is -0.745. The summed E-state index contributed by atoms with van der Waals surface area (Å²) in [4.78, 5) is 16.3. The van der Waals surface area contributed by atoms with Crippen molar-refractivity contribution >= 4 is 21.7 Å². The molecule has 2 heterocycles. The van der Waals surface area contributed by atoms with Crippen LogP contribution in [0.5, 0.6) is 0 Å². The van der Waals surface area contributed by atoms with E-state index in [2.05, 4.69) is 31.2 Å². The molecule has 2 rings (SSSR count). The summed E-state index contributed by atoms with van der Waals surface area (Å²) in [5.41, 5.74) is -0.592. The van der Waals surface area contributed by atoms with Crippen LogP contribution in [0, 0.1) is 0 Å². The number of hydrogen-bond donors (Lipinski definition) is 0. The van der Waals surface area contributed by atoms with E-state index in [0.717, 1.165) is 10.7 Å². The molecule has 19 heavy (non-hydrogen) atoms. The lowest BCUT2D eigenvalue weighted by Crippen LogP contribution is -2.45. The number of ketones is 1. The fourth-order valence-electron chi connectivity index (χ4n) is 1.37. The highest BCUT2D eigenvalue weighted by Crippen LogP contribution is 2.28. The molecular weight excluding hydrogens is 324 g/mol. The van der Waals surface area contributed by atoms with Crippen LogP contribution in [0.4, 0.5) is 8.78 Å². The van der Waals surface area contributed by atoms with Crippen LogP contribution >= 0.6 is 15.9 Å². The van der Waals surface area contributed by atoms with Gasteiger partial charge in [-0.15, -0.1) is 4.68 Å². The molecule has 2 aromatic heterocycles. The van der Waals surface area contributed by atoms with Crippen molar-refractivity contribution in [2.45, 2.75) is 12.5 Å². The molecule has 0 fully saturated rings. The number of carbonyl (C=O) groups is 1. The molecule has 0 atom stereocenters. The number of hydrogen-bond acceptors (Lipinski definition) is 4. The molecule has 0 saturated heterocycles. The summed E-state index contributed by atoms with van der Waals surface area (Å²) in [7, 11) is 1.52. The van der Waals surface area contributed by atoms with Crippen LogP contribution < -0.4 is 4.68 Å². The van der Waals surface area contributed by atoms with Crippen LogP contribution in [0.15, 0.2) is 29.1 Å². The second kappa shape index (κ2) is 5.08. The van der Waals surface area contributed by atoms with Gasteiger partial charge in [-0.25, -0.2) is 0 Å². The number of nitrogens with zero attached hydrogens (tertiary/aromatic N) is 5. The molecule has 0 amide bonds. The summed E-state index contributed by atoms with van der Waals surface area (Å²) in [6, 6.07) is 2.50. The Morgan fingerprint density at radius 3 is 2.79 bits per heavy atom. The normalized spacial score (nSPS) is 11.6. The van der Waals surface area contributed by atoms with Crippen molar-refractivity contribution in [3.63, 3.8) is 0 Å². The van der Waals surface area contributed by atoms with Gasteiger partial charge in [0.2, 0.25) is 5.78 Å². The van der Waals surface area contributed by atoms with E-state index in [1.165, 1.54) is 30.4 Å². The topological polar surface area (TPSA) is 64.5 Å². The van der Waals surface area contributed by atoms with E-state index in [0.29, 0.717) is 4.47 Å². The van der Waals surface area contributed by atoms with Crippen molar-refractivity contribution in [3.05, 3.63) is 34.8 Å². The van der Waals surface area contributed by atoms with Gasteiger partial charge < -0.3 is 0 Å². The predicted molar refractivity (Wildman–Crippen MR) is 62.0 cm³/mol. The molecule has 0 N–H and O–H groups in total. The molecular formula is C10H9BrF2N5O+. The third-order valence-corrected chi connectivity index (χ3v) is 2.77.